The average molecular weight is 361 g/mol. The zero-order valence-corrected chi connectivity index (χ0v) is 14.2. The first kappa shape index (κ1) is 16.3. The first-order valence-electron chi connectivity index (χ1n) is 7.00. The van der Waals surface area contributed by atoms with Gasteiger partial charge in [0.1, 0.15) is 5.70 Å². The molecule has 0 saturated carbocycles. The molecule has 7 heteroatoms. The van der Waals surface area contributed by atoms with Gasteiger partial charge in [-0.15, -0.1) is 0 Å². The molecule has 0 aromatic heterocycles. The van der Waals surface area contributed by atoms with Crippen LogP contribution in [0.3, 0.4) is 0 Å². The van der Waals surface area contributed by atoms with Crippen molar-refractivity contribution in [1.82, 2.24) is 5.32 Å². The topological polar surface area (TPSA) is 61.8 Å². The first-order chi connectivity index (χ1) is 11.5. The number of nitrogens with one attached hydrogen (secondary N) is 1. The van der Waals surface area contributed by atoms with E-state index in [1.165, 1.54) is 18.1 Å². The molecule has 5 nitrogen and oxygen atoms in total. The molecule has 1 saturated heterocycles. The number of phenols is 1. The van der Waals surface area contributed by atoms with Gasteiger partial charge in [-0.3, -0.25) is 9.69 Å². The highest BCUT2D eigenvalue weighted by atomic mass is 35.5. The van der Waals surface area contributed by atoms with Crippen molar-refractivity contribution in [3.63, 3.8) is 0 Å². The number of hydrogen-bond acceptors (Lipinski definition) is 4. The lowest BCUT2D eigenvalue weighted by Gasteiger charge is -2.15. The fourth-order valence-corrected chi connectivity index (χ4v) is 2.86. The van der Waals surface area contributed by atoms with E-state index in [0.29, 0.717) is 27.7 Å². The number of halogens is 1. The van der Waals surface area contributed by atoms with Gasteiger partial charge in [-0.25, -0.2) is 0 Å². The highest BCUT2D eigenvalue weighted by Crippen LogP contribution is 2.30. The highest BCUT2D eigenvalue weighted by Gasteiger charge is 2.33. The largest absolute Gasteiger partial charge is 0.504 e. The summed E-state index contributed by atoms with van der Waals surface area (Å²) >= 11 is 11.4. The Hall–Kier alpha value is -2.57. The third-order valence-corrected chi connectivity index (χ3v) is 4.09. The number of methoxy groups -OCH3 is 1. The van der Waals surface area contributed by atoms with Crippen LogP contribution in [0.5, 0.6) is 11.5 Å². The lowest BCUT2D eigenvalue weighted by molar-refractivity contribution is -0.113. The quantitative estimate of drug-likeness (QED) is 0.649. The Balaban J connectivity index is 1.94. The third-order valence-electron chi connectivity index (χ3n) is 3.49. The van der Waals surface area contributed by atoms with Crippen molar-refractivity contribution in [2.24, 2.45) is 0 Å². The standard InChI is InChI=1S/C17H13ClN2O3S/c1-23-15-7-6-10(9-14(15)21)8-12-16(22)20(17(24)19-12)13-5-3-2-4-11(13)18/h2-9,21H,1H3,(H,19,24). The lowest BCUT2D eigenvalue weighted by Crippen LogP contribution is -2.30. The monoisotopic (exact) mass is 360 g/mol. The van der Waals surface area contributed by atoms with Gasteiger partial charge in [0.15, 0.2) is 16.6 Å². The van der Waals surface area contributed by atoms with Crippen LogP contribution < -0.4 is 15.0 Å². The maximum Gasteiger partial charge on any atom is 0.281 e. The Morgan fingerprint density at radius 3 is 2.71 bits per heavy atom. The van der Waals surface area contributed by atoms with Gasteiger partial charge in [0.25, 0.3) is 5.91 Å². The molecule has 2 N–H and O–H groups in total. The molecular weight excluding hydrogens is 348 g/mol. The SMILES string of the molecule is COc1ccc(C=C2NC(=S)N(c3ccccc3Cl)C2=O)cc1O. The molecule has 0 radical (unpaired) electrons. The molecule has 24 heavy (non-hydrogen) atoms. The van der Waals surface area contributed by atoms with Crippen molar-refractivity contribution in [3.8, 4) is 11.5 Å². The summed E-state index contributed by atoms with van der Waals surface area (Å²) in [6.07, 6.45) is 1.60. The summed E-state index contributed by atoms with van der Waals surface area (Å²) in [7, 11) is 1.47. The number of benzene rings is 2. The predicted molar refractivity (Wildman–Crippen MR) is 97.3 cm³/mol. The number of amides is 1. The Kier molecular flexibility index (Phi) is 4.42. The number of carbonyl (C=O) groups excluding carboxylic acids is 1. The van der Waals surface area contributed by atoms with E-state index in [1.54, 1.807) is 42.5 Å². The summed E-state index contributed by atoms with van der Waals surface area (Å²) in [6.45, 7) is 0. The van der Waals surface area contributed by atoms with Crippen LogP contribution in [0.2, 0.25) is 5.02 Å². The summed E-state index contributed by atoms with van der Waals surface area (Å²) in [6, 6.07) is 11.8. The summed E-state index contributed by atoms with van der Waals surface area (Å²) in [5.41, 5.74) is 1.44. The number of aromatic hydroxyl groups is 1. The second kappa shape index (κ2) is 6.51. The molecular formula is C17H13ClN2O3S. The lowest BCUT2D eigenvalue weighted by atomic mass is 10.1. The van der Waals surface area contributed by atoms with Crippen molar-refractivity contribution in [2.45, 2.75) is 0 Å². The molecule has 0 atom stereocenters. The van der Waals surface area contributed by atoms with Gasteiger partial charge in [0.05, 0.1) is 17.8 Å². The van der Waals surface area contributed by atoms with E-state index in [0.717, 1.165) is 0 Å². The molecule has 0 spiro atoms. The minimum atomic E-state index is -0.316. The fourth-order valence-electron chi connectivity index (χ4n) is 2.35. The van der Waals surface area contributed by atoms with Crippen LogP contribution in [0, 0.1) is 0 Å². The molecule has 1 amide bonds. The zero-order chi connectivity index (χ0) is 17.3. The van der Waals surface area contributed by atoms with Crippen LogP contribution in [0.15, 0.2) is 48.2 Å². The van der Waals surface area contributed by atoms with Gasteiger partial charge in [-0.05, 0) is 48.1 Å². The normalized spacial score (nSPS) is 15.8. The van der Waals surface area contributed by atoms with Gasteiger partial charge in [0, 0.05) is 0 Å². The summed E-state index contributed by atoms with van der Waals surface area (Å²) < 4.78 is 5.00. The molecule has 1 fully saturated rings. The number of anilines is 1. The van der Waals surface area contributed by atoms with Crippen molar-refractivity contribution < 1.29 is 14.6 Å². The Labute approximate surface area is 149 Å². The minimum Gasteiger partial charge on any atom is -0.504 e. The zero-order valence-electron chi connectivity index (χ0n) is 12.6. The van der Waals surface area contributed by atoms with Crippen LogP contribution in [-0.4, -0.2) is 23.2 Å². The van der Waals surface area contributed by atoms with Gasteiger partial charge in [-0.2, -0.15) is 0 Å². The van der Waals surface area contributed by atoms with Crippen LogP contribution in [-0.2, 0) is 4.79 Å². The maximum atomic E-state index is 12.6. The second-order valence-electron chi connectivity index (χ2n) is 5.01. The number of carbonyl (C=O) groups is 1. The first-order valence-corrected chi connectivity index (χ1v) is 7.78. The molecule has 2 aromatic rings. The fraction of sp³-hybridized carbons (Fsp3) is 0.0588. The van der Waals surface area contributed by atoms with Crippen molar-refractivity contribution in [3.05, 3.63) is 58.7 Å². The van der Waals surface area contributed by atoms with Crippen LogP contribution in [0.1, 0.15) is 5.56 Å². The van der Waals surface area contributed by atoms with E-state index in [-0.39, 0.29) is 16.8 Å². The number of nitrogens with zero attached hydrogens (tertiary/aromatic N) is 1. The van der Waals surface area contributed by atoms with E-state index in [9.17, 15) is 9.90 Å². The average Bonchev–Trinajstić information content (AvgIpc) is 2.82. The molecule has 0 unspecified atom stereocenters. The number of thiocarbonyl (C=S) groups is 1. The Morgan fingerprint density at radius 1 is 1.29 bits per heavy atom. The molecule has 1 aliphatic heterocycles. The molecule has 2 aromatic carbocycles. The number of phenolic OH excluding ortho intramolecular Hbond substituents is 1. The van der Waals surface area contributed by atoms with Crippen molar-refractivity contribution in [1.29, 1.82) is 0 Å². The van der Waals surface area contributed by atoms with Crippen molar-refractivity contribution in [2.75, 3.05) is 12.0 Å². The van der Waals surface area contributed by atoms with E-state index >= 15 is 0 Å². The van der Waals surface area contributed by atoms with Crippen molar-refractivity contribution >= 4 is 46.6 Å². The molecule has 122 valence electrons. The van der Waals surface area contributed by atoms with Gasteiger partial charge >= 0.3 is 0 Å². The van der Waals surface area contributed by atoms with Gasteiger partial charge in [-0.1, -0.05) is 29.8 Å². The van der Waals surface area contributed by atoms with Crippen LogP contribution in [0.4, 0.5) is 5.69 Å². The third kappa shape index (κ3) is 2.93. The summed E-state index contributed by atoms with van der Waals surface area (Å²) in [4.78, 5) is 14.0. The van der Waals surface area contributed by atoms with E-state index in [2.05, 4.69) is 5.32 Å². The number of rotatable bonds is 3. The molecule has 0 bridgehead atoms. The predicted octanol–water partition coefficient (Wildman–Crippen LogP) is 3.32. The van der Waals surface area contributed by atoms with Crippen LogP contribution in [0.25, 0.3) is 6.08 Å². The molecule has 1 aliphatic rings. The van der Waals surface area contributed by atoms with Gasteiger partial charge < -0.3 is 15.2 Å². The summed E-state index contributed by atoms with van der Waals surface area (Å²) in [5.74, 6) is 0.0299. The molecule has 0 aliphatic carbocycles. The smallest absolute Gasteiger partial charge is 0.281 e. The van der Waals surface area contributed by atoms with E-state index in [1.807, 2.05) is 0 Å². The molecule has 1 heterocycles. The number of hydrogen-bond donors (Lipinski definition) is 2. The Morgan fingerprint density at radius 2 is 2.04 bits per heavy atom. The molecule has 3 rings (SSSR count). The minimum absolute atomic E-state index is 0.0113. The number of para-hydroxylation sites is 1. The number of ether oxygens (including phenoxy) is 1. The van der Waals surface area contributed by atoms with E-state index in [4.69, 9.17) is 28.6 Å². The van der Waals surface area contributed by atoms with E-state index < -0.39 is 0 Å². The van der Waals surface area contributed by atoms with Crippen LogP contribution >= 0.6 is 23.8 Å². The summed E-state index contributed by atoms with van der Waals surface area (Å²) in [5, 5.41) is 13.4. The maximum absolute atomic E-state index is 12.6. The highest BCUT2D eigenvalue weighted by molar-refractivity contribution is 7.80. The second-order valence-corrected chi connectivity index (χ2v) is 5.81. The van der Waals surface area contributed by atoms with Gasteiger partial charge in [0.2, 0.25) is 0 Å². The Bertz CT molecular complexity index is 867.